The van der Waals surface area contributed by atoms with Gasteiger partial charge in [-0.05, 0) is 42.7 Å². The van der Waals surface area contributed by atoms with E-state index in [4.69, 9.17) is 11.6 Å². The van der Waals surface area contributed by atoms with Crippen LogP contribution in [0.3, 0.4) is 0 Å². The zero-order valence-corrected chi connectivity index (χ0v) is 12.2. The van der Waals surface area contributed by atoms with Gasteiger partial charge in [-0.2, -0.15) is 0 Å². The summed E-state index contributed by atoms with van der Waals surface area (Å²) in [6.45, 7) is 0. The van der Waals surface area contributed by atoms with Gasteiger partial charge in [0.05, 0.1) is 5.52 Å². The Morgan fingerprint density at radius 2 is 1.81 bits per heavy atom. The summed E-state index contributed by atoms with van der Waals surface area (Å²) in [5.41, 5.74) is 3.82. The number of hydrogen-bond acceptors (Lipinski definition) is 4. The fourth-order valence-corrected chi connectivity index (χ4v) is 2.27. The van der Waals surface area contributed by atoms with E-state index >= 15 is 0 Å². The quantitative estimate of drug-likeness (QED) is 0.725. The zero-order valence-electron chi connectivity index (χ0n) is 11.5. The van der Waals surface area contributed by atoms with Crippen LogP contribution in [0.1, 0.15) is 12.0 Å². The van der Waals surface area contributed by atoms with Gasteiger partial charge in [0.15, 0.2) is 0 Å². The largest absolute Gasteiger partial charge is 0.323 e. The first-order valence-corrected chi connectivity index (χ1v) is 7.40. The van der Waals surface area contributed by atoms with Gasteiger partial charge in [-0.15, -0.1) is 21.8 Å². The Labute approximate surface area is 128 Å². The van der Waals surface area contributed by atoms with Crippen LogP contribution < -0.4 is 5.32 Å². The van der Waals surface area contributed by atoms with E-state index in [1.165, 1.54) is 5.56 Å². The number of fused-ring (bicyclic) bond motifs is 1. The van der Waals surface area contributed by atoms with Gasteiger partial charge in [-0.25, -0.2) is 4.98 Å². The number of anilines is 2. The summed E-state index contributed by atoms with van der Waals surface area (Å²) in [5, 5.41) is 11.5. The van der Waals surface area contributed by atoms with Crippen LogP contribution in [0.4, 0.5) is 11.6 Å². The van der Waals surface area contributed by atoms with Crippen molar-refractivity contribution in [3.63, 3.8) is 0 Å². The molecule has 0 spiro atoms. The molecule has 2 aromatic carbocycles. The highest BCUT2D eigenvalue weighted by Crippen LogP contribution is 2.17. The van der Waals surface area contributed by atoms with Crippen LogP contribution in [0.15, 0.2) is 48.5 Å². The fourth-order valence-electron chi connectivity index (χ4n) is 2.14. The summed E-state index contributed by atoms with van der Waals surface area (Å²) in [6, 6.07) is 15.9. The van der Waals surface area contributed by atoms with E-state index in [0.29, 0.717) is 11.8 Å². The van der Waals surface area contributed by atoms with Gasteiger partial charge in [0, 0.05) is 11.6 Å². The van der Waals surface area contributed by atoms with Crippen molar-refractivity contribution in [3.8, 4) is 0 Å². The number of nitrogens with zero attached hydrogens (tertiary/aromatic N) is 3. The SMILES string of the molecule is ClCCCc1cccc(Nc2nnc3ccccc3n2)c1. The molecule has 5 heteroatoms. The number of aromatic nitrogens is 3. The van der Waals surface area contributed by atoms with Gasteiger partial charge in [-0.1, -0.05) is 24.3 Å². The molecule has 0 aliphatic carbocycles. The molecule has 3 rings (SSSR count). The van der Waals surface area contributed by atoms with Gasteiger partial charge in [0.1, 0.15) is 5.52 Å². The lowest BCUT2D eigenvalue weighted by Gasteiger charge is -2.07. The highest BCUT2D eigenvalue weighted by Gasteiger charge is 2.02. The van der Waals surface area contributed by atoms with Crippen LogP contribution in [0.2, 0.25) is 0 Å². The van der Waals surface area contributed by atoms with E-state index in [-0.39, 0.29) is 0 Å². The monoisotopic (exact) mass is 298 g/mol. The topological polar surface area (TPSA) is 50.7 Å². The number of halogens is 1. The summed E-state index contributed by atoms with van der Waals surface area (Å²) in [4.78, 5) is 4.46. The number of benzene rings is 2. The van der Waals surface area contributed by atoms with Crippen molar-refractivity contribution in [2.45, 2.75) is 12.8 Å². The molecule has 0 bridgehead atoms. The Hall–Kier alpha value is -2.20. The Morgan fingerprint density at radius 3 is 2.67 bits per heavy atom. The lowest BCUT2D eigenvalue weighted by atomic mass is 10.1. The van der Waals surface area contributed by atoms with Crippen molar-refractivity contribution >= 4 is 34.3 Å². The molecule has 0 aliphatic rings. The summed E-state index contributed by atoms with van der Waals surface area (Å²) in [7, 11) is 0. The highest BCUT2D eigenvalue weighted by molar-refractivity contribution is 6.17. The Bertz CT molecular complexity index is 745. The van der Waals surface area contributed by atoms with Crippen LogP contribution in [0, 0.1) is 0 Å². The van der Waals surface area contributed by atoms with Crippen LogP contribution in [0.25, 0.3) is 11.0 Å². The zero-order chi connectivity index (χ0) is 14.5. The second kappa shape index (κ2) is 6.50. The average Bonchev–Trinajstić information content (AvgIpc) is 2.53. The number of para-hydroxylation sites is 1. The average molecular weight is 299 g/mol. The normalized spacial score (nSPS) is 10.7. The summed E-state index contributed by atoms with van der Waals surface area (Å²) < 4.78 is 0. The molecule has 0 radical (unpaired) electrons. The molecule has 1 aromatic heterocycles. The maximum Gasteiger partial charge on any atom is 0.247 e. The van der Waals surface area contributed by atoms with Gasteiger partial charge in [0.2, 0.25) is 5.95 Å². The summed E-state index contributed by atoms with van der Waals surface area (Å²) in [5.74, 6) is 1.18. The van der Waals surface area contributed by atoms with Gasteiger partial charge < -0.3 is 5.32 Å². The molecule has 0 saturated carbocycles. The minimum atomic E-state index is 0.503. The summed E-state index contributed by atoms with van der Waals surface area (Å²) in [6.07, 6.45) is 1.94. The van der Waals surface area contributed by atoms with Gasteiger partial charge in [0.25, 0.3) is 0 Å². The molecule has 21 heavy (non-hydrogen) atoms. The minimum Gasteiger partial charge on any atom is -0.323 e. The molecular formula is C16H15ClN4. The molecule has 0 fully saturated rings. The van der Waals surface area contributed by atoms with E-state index in [9.17, 15) is 0 Å². The summed E-state index contributed by atoms with van der Waals surface area (Å²) >= 11 is 5.73. The van der Waals surface area contributed by atoms with Crippen molar-refractivity contribution in [3.05, 3.63) is 54.1 Å². The number of alkyl halides is 1. The highest BCUT2D eigenvalue weighted by atomic mass is 35.5. The standard InChI is InChI=1S/C16H15ClN4/c17-10-4-6-12-5-3-7-13(11-12)18-16-19-14-8-1-2-9-15(14)20-21-16/h1-3,5,7-9,11H,4,6,10H2,(H,18,19,21). The van der Waals surface area contributed by atoms with E-state index in [1.807, 2.05) is 36.4 Å². The first-order chi connectivity index (χ1) is 10.3. The lowest BCUT2D eigenvalue weighted by Crippen LogP contribution is -2.00. The maximum atomic E-state index is 5.73. The predicted octanol–water partition coefficient (Wildman–Crippen LogP) is 3.94. The molecule has 1 heterocycles. The fraction of sp³-hybridized carbons (Fsp3) is 0.188. The number of aryl methyl sites for hydroxylation is 1. The Morgan fingerprint density at radius 1 is 0.952 bits per heavy atom. The molecule has 1 N–H and O–H groups in total. The smallest absolute Gasteiger partial charge is 0.247 e. The van der Waals surface area contributed by atoms with Gasteiger partial charge >= 0.3 is 0 Å². The van der Waals surface area contributed by atoms with E-state index in [2.05, 4.69) is 32.6 Å². The lowest BCUT2D eigenvalue weighted by molar-refractivity contribution is 0.929. The van der Waals surface area contributed by atoms with Crippen LogP contribution in [-0.2, 0) is 6.42 Å². The van der Waals surface area contributed by atoms with Crippen molar-refractivity contribution in [2.75, 3.05) is 11.2 Å². The molecule has 0 aliphatic heterocycles. The van der Waals surface area contributed by atoms with E-state index in [0.717, 1.165) is 29.6 Å². The van der Waals surface area contributed by atoms with Crippen molar-refractivity contribution in [1.82, 2.24) is 15.2 Å². The van der Waals surface area contributed by atoms with Crippen molar-refractivity contribution in [1.29, 1.82) is 0 Å². The third kappa shape index (κ3) is 3.47. The molecule has 4 nitrogen and oxygen atoms in total. The molecular weight excluding hydrogens is 284 g/mol. The van der Waals surface area contributed by atoms with Crippen LogP contribution >= 0.6 is 11.6 Å². The van der Waals surface area contributed by atoms with E-state index < -0.39 is 0 Å². The molecule has 0 amide bonds. The first kappa shape index (κ1) is 13.8. The Kier molecular flexibility index (Phi) is 4.26. The molecule has 106 valence electrons. The molecule has 0 atom stereocenters. The Balaban J connectivity index is 1.81. The first-order valence-electron chi connectivity index (χ1n) is 6.86. The number of hydrogen-bond donors (Lipinski definition) is 1. The number of nitrogens with one attached hydrogen (secondary N) is 1. The minimum absolute atomic E-state index is 0.503. The second-order valence-corrected chi connectivity index (χ2v) is 5.12. The van der Waals surface area contributed by atoms with Gasteiger partial charge in [-0.3, -0.25) is 0 Å². The molecule has 3 aromatic rings. The van der Waals surface area contributed by atoms with Crippen molar-refractivity contribution < 1.29 is 0 Å². The molecule has 0 unspecified atom stereocenters. The van der Waals surface area contributed by atoms with Crippen LogP contribution in [-0.4, -0.2) is 21.1 Å². The predicted molar refractivity (Wildman–Crippen MR) is 86.1 cm³/mol. The number of rotatable bonds is 5. The maximum absolute atomic E-state index is 5.73. The second-order valence-electron chi connectivity index (χ2n) is 4.74. The van der Waals surface area contributed by atoms with Crippen molar-refractivity contribution in [2.24, 2.45) is 0 Å². The van der Waals surface area contributed by atoms with E-state index in [1.54, 1.807) is 0 Å². The van der Waals surface area contributed by atoms with Crippen LogP contribution in [0.5, 0.6) is 0 Å². The third-order valence-corrected chi connectivity index (χ3v) is 3.41. The molecule has 0 saturated heterocycles. The third-order valence-electron chi connectivity index (χ3n) is 3.14.